The Morgan fingerprint density at radius 2 is 1.18 bits per heavy atom. The first-order chi connectivity index (χ1) is 9.59. The SMILES string of the molecule is O=C([O-])c1cccnc1SSc1ncccc1C(=O)[O-].[Na+].[Na+]. The average Bonchev–Trinajstić information content (AvgIpc) is 2.45. The van der Waals surface area contributed by atoms with Gasteiger partial charge in [0.25, 0.3) is 0 Å². The van der Waals surface area contributed by atoms with Crippen molar-refractivity contribution in [2.75, 3.05) is 0 Å². The third-order valence-corrected chi connectivity index (χ3v) is 4.43. The van der Waals surface area contributed by atoms with Gasteiger partial charge in [-0.15, -0.1) is 0 Å². The van der Waals surface area contributed by atoms with Crippen LogP contribution in [0.2, 0.25) is 0 Å². The van der Waals surface area contributed by atoms with Crippen molar-refractivity contribution < 1.29 is 78.9 Å². The van der Waals surface area contributed by atoms with Gasteiger partial charge in [-0.3, -0.25) is 0 Å². The minimum Gasteiger partial charge on any atom is -0.545 e. The molecule has 2 heterocycles. The number of aromatic carboxylic acids is 2. The zero-order valence-electron chi connectivity index (χ0n) is 11.8. The molecule has 0 atom stereocenters. The summed E-state index contributed by atoms with van der Waals surface area (Å²) < 4.78 is 0. The van der Waals surface area contributed by atoms with Crippen molar-refractivity contribution in [3.8, 4) is 0 Å². The molecule has 10 heteroatoms. The standard InChI is InChI=1S/C12H8N2O4S2.2Na/c15-11(16)7-3-1-5-13-9(7)19-20-10-8(12(17)18)4-2-6-14-10;;/h1-6H,(H,15,16)(H,17,18);;/q;2*+1/p-2. The van der Waals surface area contributed by atoms with Crippen LogP contribution in [0.5, 0.6) is 0 Å². The summed E-state index contributed by atoms with van der Waals surface area (Å²) in [6.07, 6.45) is 2.88. The minimum atomic E-state index is -1.35. The first kappa shape index (κ1) is 21.9. The summed E-state index contributed by atoms with van der Waals surface area (Å²) in [6, 6.07) is 5.69. The van der Waals surface area contributed by atoms with Gasteiger partial charge in [-0.25, -0.2) is 9.97 Å². The molecule has 2 aromatic heterocycles. The fourth-order valence-corrected chi connectivity index (χ4v) is 3.42. The van der Waals surface area contributed by atoms with E-state index in [0.717, 1.165) is 21.6 Å². The van der Waals surface area contributed by atoms with Gasteiger partial charge in [-0.1, -0.05) is 0 Å². The van der Waals surface area contributed by atoms with E-state index in [1.807, 2.05) is 0 Å². The third kappa shape index (κ3) is 5.86. The quantitative estimate of drug-likeness (QED) is 0.387. The Balaban J connectivity index is 0.00000220. The molecule has 0 radical (unpaired) electrons. The summed E-state index contributed by atoms with van der Waals surface area (Å²) in [5, 5.41) is 22.3. The number of carboxylic acids is 2. The van der Waals surface area contributed by atoms with Crippen LogP contribution in [0.1, 0.15) is 20.7 Å². The minimum absolute atomic E-state index is 0. The molecule has 0 N–H and O–H groups in total. The number of hydrogen-bond acceptors (Lipinski definition) is 8. The summed E-state index contributed by atoms with van der Waals surface area (Å²) in [7, 11) is 1.98. The molecule has 0 spiro atoms. The van der Waals surface area contributed by atoms with Gasteiger partial charge in [0.15, 0.2) is 0 Å². The van der Waals surface area contributed by atoms with E-state index in [1.54, 1.807) is 0 Å². The van der Waals surface area contributed by atoms with Gasteiger partial charge in [0, 0.05) is 23.5 Å². The monoisotopic (exact) mass is 352 g/mol. The summed E-state index contributed by atoms with van der Waals surface area (Å²) in [5.41, 5.74) is -0.119. The fourth-order valence-electron chi connectivity index (χ4n) is 1.30. The van der Waals surface area contributed by atoms with Crippen molar-refractivity contribution in [1.82, 2.24) is 9.97 Å². The molecule has 0 aliphatic heterocycles. The number of aromatic nitrogens is 2. The van der Waals surface area contributed by atoms with E-state index in [0.29, 0.717) is 0 Å². The van der Waals surface area contributed by atoms with Crippen LogP contribution in [0.4, 0.5) is 0 Å². The first-order valence-corrected chi connectivity index (χ1v) is 7.42. The fraction of sp³-hybridized carbons (Fsp3) is 0. The molecular formula is C12H6N2Na2O4S2. The van der Waals surface area contributed by atoms with Crippen molar-refractivity contribution in [3.63, 3.8) is 0 Å². The zero-order valence-corrected chi connectivity index (χ0v) is 17.4. The molecule has 0 aliphatic rings. The van der Waals surface area contributed by atoms with Crippen LogP contribution in [-0.4, -0.2) is 21.9 Å². The molecular weight excluding hydrogens is 346 g/mol. The van der Waals surface area contributed by atoms with Crippen LogP contribution in [0.25, 0.3) is 0 Å². The van der Waals surface area contributed by atoms with E-state index in [2.05, 4.69) is 9.97 Å². The van der Waals surface area contributed by atoms with Gasteiger partial charge in [0.1, 0.15) is 10.1 Å². The van der Waals surface area contributed by atoms with E-state index in [1.165, 1.54) is 36.7 Å². The maximum atomic E-state index is 10.9. The number of hydrogen-bond donors (Lipinski definition) is 0. The van der Waals surface area contributed by atoms with Crippen LogP contribution in [0.15, 0.2) is 46.7 Å². The van der Waals surface area contributed by atoms with E-state index in [-0.39, 0.29) is 80.3 Å². The molecule has 0 fully saturated rings. The second-order valence-electron chi connectivity index (χ2n) is 3.45. The molecule has 0 saturated heterocycles. The van der Waals surface area contributed by atoms with Gasteiger partial charge >= 0.3 is 59.1 Å². The molecule has 0 saturated carbocycles. The molecule has 0 unspecified atom stereocenters. The summed E-state index contributed by atoms with van der Waals surface area (Å²) in [6.45, 7) is 0. The van der Waals surface area contributed by atoms with Crippen LogP contribution in [-0.2, 0) is 0 Å². The van der Waals surface area contributed by atoms with Crippen molar-refractivity contribution >= 4 is 33.5 Å². The van der Waals surface area contributed by atoms with Crippen molar-refractivity contribution in [1.29, 1.82) is 0 Å². The predicted molar refractivity (Wildman–Crippen MR) is 68.8 cm³/mol. The van der Waals surface area contributed by atoms with E-state index < -0.39 is 11.9 Å². The topological polar surface area (TPSA) is 106 Å². The van der Waals surface area contributed by atoms with Gasteiger partial charge in [-0.05, 0) is 45.9 Å². The number of rotatable bonds is 5. The van der Waals surface area contributed by atoms with Crippen molar-refractivity contribution in [2.45, 2.75) is 10.1 Å². The van der Waals surface area contributed by atoms with Gasteiger partial charge in [0.2, 0.25) is 0 Å². The number of nitrogens with zero attached hydrogens (tertiary/aromatic N) is 2. The van der Waals surface area contributed by atoms with Crippen LogP contribution in [0, 0.1) is 0 Å². The van der Waals surface area contributed by atoms with Crippen LogP contribution < -0.4 is 69.3 Å². The summed E-state index contributed by atoms with van der Waals surface area (Å²) in [4.78, 5) is 29.7. The summed E-state index contributed by atoms with van der Waals surface area (Å²) >= 11 is 0. The van der Waals surface area contributed by atoms with Gasteiger partial charge in [-0.2, -0.15) is 0 Å². The molecule has 102 valence electrons. The Labute approximate surface area is 178 Å². The van der Waals surface area contributed by atoms with Crippen molar-refractivity contribution in [2.24, 2.45) is 0 Å². The third-order valence-electron chi connectivity index (χ3n) is 2.18. The Morgan fingerprint density at radius 1 is 0.818 bits per heavy atom. The molecule has 6 nitrogen and oxygen atoms in total. The smallest absolute Gasteiger partial charge is 0.545 e. The maximum Gasteiger partial charge on any atom is 1.00 e. The maximum absolute atomic E-state index is 10.9. The molecule has 0 bridgehead atoms. The van der Waals surface area contributed by atoms with E-state index >= 15 is 0 Å². The number of carbonyl (C=O) groups is 2. The van der Waals surface area contributed by atoms with Gasteiger partial charge in [0.05, 0.1) is 11.9 Å². The van der Waals surface area contributed by atoms with Crippen LogP contribution >= 0.6 is 21.6 Å². The van der Waals surface area contributed by atoms with Crippen molar-refractivity contribution in [3.05, 3.63) is 47.8 Å². The Hall–Kier alpha value is -0.0600. The molecule has 0 aromatic carbocycles. The number of carboxylic acid groups (broad SMARTS) is 2. The number of carbonyl (C=O) groups excluding carboxylic acids is 2. The molecule has 0 aliphatic carbocycles. The molecule has 0 amide bonds. The molecule has 2 aromatic rings. The second-order valence-corrected chi connectivity index (χ2v) is 5.56. The normalized spacial score (nSPS) is 9.27. The Bertz CT molecular complexity index is 616. The van der Waals surface area contributed by atoms with Gasteiger partial charge < -0.3 is 19.8 Å². The first-order valence-electron chi connectivity index (χ1n) is 5.27. The largest absolute Gasteiger partial charge is 1.00 e. The zero-order chi connectivity index (χ0) is 14.5. The van der Waals surface area contributed by atoms with E-state index in [4.69, 9.17) is 0 Å². The summed E-state index contributed by atoms with van der Waals surface area (Å²) in [5.74, 6) is -2.69. The molecule has 2 rings (SSSR count). The Kier molecular flexibility index (Phi) is 10.6. The second kappa shape index (κ2) is 10.7. The number of pyridine rings is 2. The predicted octanol–water partition coefficient (Wildman–Crippen LogP) is -5.99. The van der Waals surface area contributed by atoms with E-state index in [9.17, 15) is 19.8 Å². The van der Waals surface area contributed by atoms with Crippen LogP contribution in [0.3, 0.4) is 0 Å². The Morgan fingerprint density at radius 3 is 1.50 bits per heavy atom. The average molecular weight is 352 g/mol. The molecule has 22 heavy (non-hydrogen) atoms.